The smallest absolute Gasteiger partial charge is 0.310 e. The third kappa shape index (κ3) is 4.11. The van der Waals surface area contributed by atoms with Gasteiger partial charge in [-0.05, 0) is 80.5 Å². The van der Waals surface area contributed by atoms with Crippen LogP contribution in [0.15, 0.2) is 53.1 Å². The van der Waals surface area contributed by atoms with E-state index in [4.69, 9.17) is 13.9 Å². The molecule has 0 bridgehead atoms. The van der Waals surface area contributed by atoms with E-state index in [0.717, 1.165) is 44.6 Å². The maximum Gasteiger partial charge on any atom is 0.310 e. The van der Waals surface area contributed by atoms with Crippen molar-refractivity contribution in [3.05, 3.63) is 60.1 Å². The Kier molecular flexibility index (Phi) is 5.81. The average Bonchev–Trinajstić information content (AvgIpc) is 3.25. The second kappa shape index (κ2) is 8.83. The van der Waals surface area contributed by atoms with Crippen LogP contribution in [0.5, 0.6) is 0 Å². The molecule has 2 aromatic rings. The van der Waals surface area contributed by atoms with Gasteiger partial charge in [-0.25, -0.2) is 0 Å². The lowest BCUT2D eigenvalue weighted by atomic mass is 9.53. The fraction of sp³-hybridized carbons (Fsp3) is 0.621. The predicted octanol–water partition coefficient (Wildman–Crippen LogP) is 5.11. The van der Waals surface area contributed by atoms with Crippen molar-refractivity contribution in [3.63, 3.8) is 0 Å². The lowest BCUT2D eigenvalue weighted by molar-refractivity contribution is -0.147. The number of hydrogen-bond acceptors (Lipinski definition) is 5. The van der Waals surface area contributed by atoms with E-state index < -0.39 is 0 Å². The number of rotatable bonds is 8. The first-order valence-electron chi connectivity index (χ1n) is 13.2. The summed E-state index contributed by atoms with van der Waals surface area (Å²) in [5.41, 5.74) is 1.68. The van der Waals surface area contributed by atoms with Crippen LogP contribution in [0.4, 0.5) is 0 Å². The van der Waals surface area contributed by atoms with Crippen LogP contribution in [0.2, 0.25) is 0 Å². The van der Waals surface area contributed by atoms with Crippen molar-refractivity contribution in [2.75, 3.05) is 19.7 Å². The van der Waals surface area contributed by atoms with E-state index in [1.54, 1.807) is 6.26 Å². The van der Waals surface area contributed by atoms with E-state index in [0.29, 0.717) is 24.3 Å². The summed E-state index contributed by atoms with van der Waals surface area (Å²) in [5.74, 6) is 2.21. The predicted molar refractivity (Wildman–Crippen MR) is 129 cm³/mol. The maximum atomic E-state index is 12.9. The second-order valence-corrected chi connectivity index (χ2v) is 11.5. The molecule has 3 heterocycles. The molecular weight excluding hydrogens is 426 g/mol. The van der Waals surface area contributed by atoms with Gasteiger partial charge in [0.15, 0.2) is 0 Å². The fourth-order valence-corrected chi connectivity index (χ4v) is 7.49. The topological polar surface area (TPSA) is 64.0 Å². The quantitative estimate of drug-likeness (QED) is 0.335. The molecule has 2 aliphatic heterocycles. The van der Waals surface area contributed by atoms with Gasteiger partial charge in [0.05, 0.1) is 24.4 Å². The molecule has 5 heteroatoms. The largest absolute Gasteiger partial charge is 0.469 e. The summed E-state index contributed by atoms with van der Waals surface area (Å²) in [6, 6.07) is 14.6. The summed E-state index contributed by atoms with van der Waals surface area (Å²) in [6.45, 7) is 4.89. The number of carbonyl (C=O) groups is 1. The molecule has 2 saturated carbocycles. The number of benzene rings is 1. The van der Waals surface area contributed by atoms with Crippen LogP contribution in [-0.2, 0) is 20.7 Å². The van der Waals surface area contributed by atoms with E-state index in [2.05, 4.69) is 48.6 Å². The van der Waals surface area contributed by atoms with Crippen LogP contribution in [0.1, 0.15) is 62.7 Å². The first-order valence-corrected chi connectivity index (χ1v) is 13.2. The molecule has 7 atom stereocenters. The van der Waals surface area contributed by atoms with Crippen LogP contribution in [0, 0.1) is 23.2 Å². The Bertz CT molecular complexity index is 985. The minimum absolute atomic E-state index is 0.00221. The molecule has 1 aromatic heterocycles. The summed E-state index contributed by atoms with van der Waals surface area (Å²) in [6.07, 6.45) is 9.51. The van der Waals surface area contributed by atoms with Gasteiger partial charge in [0.2, 0.25) is 0 Å². The molecule has 6 rings (SSSR count). The third-order valence-corrected chi connectivity index (χ3v) is 9.38. The zero-order chi connectivity index (χ0) is 23.2. The number of esters is 1. The summed E-state index contributed by atoms with van der Waals surface area (Å²) in [4.78, 5) is 12.9. The van der Waals surface area contributed by atoms with Crippen LogP contribution in [0.3, 0.4) is 0 Å². The Morgan fingerprint density at radius 1 is 1.15 bits per heavy atom. The zero-order valence-electron chi connectivity index (χ0n) is 20.2. The highest BCUT2D eigenvalue weighted by Gasteiger charge is 2.64. The van der Waals surface area contributed by atoms with Crippen LogP contribution < -0.4 is 5.32 Å². The van der Waals surface area contributed by atoms with Gasteiger partial charge in [-0.15, -0.1) is 0 Å². The molecule has 2 aliphatic carbocycles. The number of hydrogen-bond donors (Lipinski definition) is 1. The SMILES string of the molecule is C[C@]12CCC[C@]3(CO3)[C@@H]1C[C@@H]1[C@@H](C2)OC(=O)[C@@H]1CNCC[C@@H](Cc1ccccc1)c1ccco1. The molecule has 1 spiro atoms. The number of furan rings is 1. The van der Waals surface area contributed by atoms with E-state index in [1.165, 1.54) is 24.8 Å². The molecule has 0 amide bonds. The Labute approximate surface area is 202 Å². The molecule has 1 N–H and O–H groups in total. The number of epoxide rings is 1. The Hall–Kier alpha value is -2.11. The molecule has 4 fully saturated rings. The van der Waals surface area contributed by atoms with Crippen molar-refractivity contribution in [2.24, 2.45) is 23.2 Å². The first-order chi connectivity index (χ1) is 16.6. The number of nitrogens with one attached hydrogen (secondary N) is 1. The Morgan fingerprint density at radius 2 is 2.00 bits per heavy atom. The van der Waals surface area contributed by atoms with E-state index in [1.807, 2.05) is 6.07 Å². The van der Waals surface area contributed by atoms with Crippen LogP contribution in [-0.4, -0.2) is 37.4 Å². The number of carbonyl (C=O) groups excluding carboxylic acids is 1. The van der Waals surface area contributed by atoms with Gasteiger partial charge < -0.3 is 19.2 Å². The Balaban J connectivity index is 1.07. The molecule has 34 heavy (non-hydrogen) atoms. The molecule has 0 unspecified atom stereocenters. The molecule has 182 valence electrons. The van der Waals surface area contributed by atoms with Crippen molar-refractivity contribution in [2.45, 2.75) is 69.5 Å². The third-order valence-electron chi connectivity index (χ3n) is 9.38. The molecule has 2 saturated heterocycles. The molecular formula is C29H37NO4. The average molecular weight is 464 g/mol. The molecule has 1 aromatic carbocycles. The van der Waals surface area contributed by atoms with E-state index in [-0.39, 0.29) is 29.0 Å². The highest BCUT2D eigenvalue weighted by atomic mass is 16.6. The summed E-state index contributed by atoms with van der Waals surface area (Å²) >= 11 is 0. The minimum atomic E-state index is -0.0385. The second-order valence-electron chi connectivity index (χ2n) is 11.5. The summed E-state index contributed by atoms with van der Waals surface area (Å²) in [7, 11) is 0. The zero-order valence-corrected chi connectivity index (χ0v) is 20.2. The van der Waals surface area contributed by atoms with Gasteiger partial charge in [-0.1, -0.05) is 37.3 Å². The van der Waals surface area contributed by atoms with Gasteiger partial charge in [-0.3, -0.25) is 4.79 Å². The summed E-state index contributed by atoms with van der Waals surface area (Å²) < 4.78 is 17.8. The van der Waals surface area contributed by atoms with Crippen LogP contribution in [0.25, 0.3) is 0 Å². The normalized spacial score (nSPS) is 37.1. The van der Waals surface area contributed by atoms with E-state index >= 15 is 0 Å². The van der Waals surface area contributed by atoms with Gasteiger partial charge in [0.25, 0.3) is 0 Å². The molecule has 5 nitrogen and oxygen atoms in total. The fourth-order valence-electron chi connectivity index (χ4n) is 7.49. The highest BCUT2D eigenvalue weighted by Crippen LogP contribution is 2.62. The highest BCUT2D eigenvalue weighted by molar-refractivity contribution is 5.75. The van der Waals surface area contributed by atoms with Crippen molar-refractivity contribution >= 4 is 5.97 Å². The van der Waals surface area contributed by atoms with Gasteiger partial charge in [-0.2, -0.15) is 0 Å². The van der Waals surface area contributed by atoms with Gasteiger partial charge in [0.1, 0.15) is 11.9 Å². The minimum Gasteiger partial charge on any atom is -0.469 e. The van der Waals surface area contributed by atoms with Crippen molar-refractivity contribution in [1.29, 1.82) is 0 Å². The van der Waals surface area contributed by atoms with Crippen molar-refractivity contribution in [3.8, 4) is 0 Å². The lowest BCUT2D eigenvalue weighted by Gasteiger charge is -2.51. The lowest BCUT2D eigenvalue weighted by Crippen LogP contribution is -2.51. The molecule has 0 radical (unpaired) electrons. The van der Waals surface area contributed by atoms with Crippen LogP contribution >= 0.6 is 0 Å². The monoisotopic (exact) mass is 463 g/mol. The van der Waals surface area contributed by atoms with Crippen molar-refractivity contribution in [1.82, 2.24) is 5.32 Å². The summed E-state index contributed by atoms with van der Waals surface area (Å²) in [5, 5.41) is 3.61. The van der Waals surface area contributed by atoms with Gasteiger partial charge >= 0.3 is 5.97 Å². The van der Waals surface area contributed by atoms with Gasteiger partial charge in [0, 0.05) is 18.4 Å². The Morgan fingerprint density at radius 3 is 2.76 bits per heavy atom. The maximum absolute atomic E-state index is 12.9. The van der Waals surface area contributed by atoms with Crippen molar-refractivity contribution < 1.29 is 18.7 Å². The number of fused-ring (bicyclic) bond motifs is 3. The first kappa shape index (κ1) is 22.4. The van der Waals surface area contributed by atoms with E-state index in [9.17, 15) is 4.79 Å². The standard InChI is InChI=1S/C29H37NO4/c1-28-11-6-12-29(19-33-29)26(28)16-22-23(27(31)34-25(22)17-28)18-30-13-10-21(24-9-5-14-32-24)15-20-7-3-2-4-8-20/h2-5,7-9,14,21-23,25-26,30H,6,10-13,15-19H2,1H3/t21-,22-,23+,25+,26+,28+,29-/m0/s1. The number of ether oxygens (including phenoxy) is 2. The molecule has 4 aliphatic rings.